The molecule has 38 heavy (non-hydrogen) atoms. The summed E-state index contributed by atoms with van der Waals surface area (Å²) in [5.41, 5.74) is 1.26. The second-order valence-corrected chi connectivity index (χ2v) is 9.42. The molecule has 0 spiro atoms. The molecule has 13 heteroatoms. The molecule has 1 amide bonds. The third-order valence-electron chi connectivity index (χ3n) is 7.13. The lowest BCUT2D eigenvalue weighted by Gasteiger charge is -2.42. The van der Waals surface area contributed by atoms with Gasteiger partial charge in [-0.15, -0.1) is 0 Å². The van der Waals surface area contributed by atoms with Gasteiger partial charge in [0.25, 0.3) is 6.10 Å². The Morgan fingerprint density at radius 3 is 2.18 bits per heavy atom. The van der Waals surface area contributed by atoms with Gasteiger partial charge in [-0.25, -0.2) is 4.79 Å². The van der Waals surface area contributed by atoms with Crippen LogP contribution in [-0.2, 0) is 28.3 Å². The first kappa shape index (κ1) is 26.4. The zero-order chi connectivity index (χ0) is 27.3. The van der Waals surface area contributed by atoms with Gasteiger partial charge in [0.15, 0.2) is 11.5 Å². The van der Waals surface area contributed by atoms with E-state index in [0.717, 1.165) is 16.0 Å². The Morgan fingerprint density at radius 2 is 1.50 bits per heavy atom. The molecule has 2 aromatic rings. The highest BCUT2D eigenvalue weighted by Crippen LogP contribution is 2.46. The second-order valence-electron chi connectivity index (χ2n) is 9.42. The summed E-state index contributed by atoms with van der Waals surface area (Å²) in [6.07, 6.45) is -17.4. The van der Waals surface area contributed by atoms with Crippen LogP contribution in [0.3, 0.4) is 0 Å². The minimum atomic E-state index is -5.80. The number of piperidine rings is 1. The van der Waals surface area contributed by atoms with Crippen LogP contribution in [0.1, 0.15) is 35.1 Å². The molecule has 206 valence electrons. The fourth-order valence-electron chi connectivity index (χ4n) is 5.16. The molecule has 2 aromatic carbocycles. The Hall–Kier alpha value is -3.19. The number of hydrogen-bond donors (Lipinski definition) is 1. The number of hydrogen-bond acceptors (Lipinski definition) is 6. The van der Waals surface area contributed by atoms with Crippen LogP contribution < -0.4 is 9.47 Å². The quantitative estimate of drug-likeness (QED) is 0.542. The fraction of sp³-hybridized carbons (Fsp3) is 0.480. The molecule has 0 radical (unpaired) electrons. The smallest absolute Gasteiger partial charge is 0.434 e. The molecule has 7 nitrogen and oxygen atoms in total. The van der Waals surface area contributed by atoms with Gasteiger partial charge in [0.05, 0.1) is 13.2 Å². The first-order valence-electron chi connectivity index (χ1n) is 11.8. The second kappa shape index (κ2) is 9.53. The van der Waals surface area contributed by atoms with Crippen molar-refractivity contribution in [3.8, 4) is 11.5 Å². The lowest BCUT2D eigenvalue weighted by molar-refractivity contribution is -0.308. The van der Waals surface area contributed by atoms with Gasteiger partial charge < -0.3 is 29.0 Å². The summed E-state index contributed by atoms with van der Waals surface area (Å²) in [7, 11) is 0. The predicted molar refractivity (Wildman–Crippen MR) is 117 cm³/mol. The number of carbonyl (C=O) groups excluding carboxylic acids is 1. The molecule has 0 saturated carbocycles. The van der Waals surface area contributed by atoms with Crippen molar-refractivity contribution in [2.75, 3.05) is 19.9 Å². The molecule has 3 aliphatic rings. The van der Waals surface area contributed by atoms with Crippen molar-refractivity contribution >= 4 is 6.09 Å². The van der Waals surface area contributed by atoms with Crippen LogP contribution in [0.4, 0.5) is 31.1 Å². The van der Waals surface area contributed by atoms with Gasteiger partial charge in [0, 0.05) is 13.1 Å². The molecule has 5 rings (SSSR count). The first-order valence-corrected chi connectivity index (χ1v) is 11.8. The average molecular weight is 547 g/mol. The van der Waals surface area contributed by atoms with E-state index in [1.54, 1.807) is 24.3 Å². The van der Waals surface area contributed by atoms with Crippen LogP contribution >= 0.6 is 0 Å². The summed E-state index contributed by atoms with van der Waals surface area (Å²) < 4.78 is 97.2. The maximum atomic E-state index is 12.8. The van der Waals surface area contributed by atoms with E-state index in [1.165, 1.54) is 0 Å². The fourth-order valence-corrected chi connectivity index (χ4v) is 5.16. The van der Waals surface area contributed by atoms with E-state index in [4.69, 9.17) is 14.2 Å². The number of likely N-dealkylation sites (tertiary alicyclic amines) is 1. The normalized spacial score (nSPS) is 19.4. The lowest BCUT2D eigenvalue weighted by Crippen LogP contribution is -2.50. The minimum Gasteiger partial charge on any atom is -0.454 e. The highest BCUT2D eigenvalue weighted by molar-refractivity contribution is 5.68. The molecule has 1 fully saturated rings. The van der Waals surface area contributed by atoms with Crippen molar-refractivity contribution in [2.45, 2.75) is 50.1 Å². The van der Waals surface area contributed by atoms with E-state index in [1.807, 2.05) is 12.1 Å². The van der Waals surface area contributed by atoms with Crippen molar-refractivity contribution in [1.29, 1.82) is 0 Å². The van der Waals surface area contributed by atoms with Crippen molar-refractivity contribution in [1.82, 2.24) is 4.90 Å². The predicted octanol–water partition coefficient (Wildman–Crippen LogP) is 5.02. The van der Waals surface area contributed by atoms with Gasteiger partial charge in [-0.2, -0.15) is 26.3 Å². The summed E-state index contributed by atoms with van der Waals surface area (Å²) >= 11 is 0. The van der Waals surface area contributed by atoms with Crippen molar-refractivity contribution in [2.24, 2.45) is 5.92 Å². The van der Waals surface area contributed by atoms with E-state index in [-0.39, 0.29) is 32.7 Å². The highest BCUT2D eigenvalue weighted by Gasteiger charge is 2.60. The minimum absolute atomic E-state index is 0.0186. The van der Waals surface area contributed by atoms with Gasteiger partial charge in [-0.1, -0.05) is 18.2 Å². The SMILES string of the molecule is O=C(OC(C(F)(F)F)C(F)(F)F)N1CCC(C(O)(c2ccc3c(c2)COC3)c2ccc3c(c2)OCO3)CC1. The molecule has 0 bridgehead atoms. The number of ether oxygens (including phenoxy) is 4. The van der Waals surface area contributed by atoms with Gasteiger partial charge in [-0.05, 0) is 59.2 Å². The Morgan fingerprint density at radius 1 is 0.895 bits per heavy atom. The molecule has 1 N–H and O–H groups in total. The van der Waals surface area contributed by atoms with Crippen molar-refractivity contribution in [3.05, 3.63) is 58.7 Å². The van der Waals surface area contributed by atoms with Crippen LogP contribution in [0, 0.1) is 5.92 Å². The number of fused-ring (bicyclic) bond motifs is 2. The number of halogens is 6. The molecule has 1 saturated heterocycles. The molecule has 1 atom stereocenters. The molecule has 3 aliphatic heterocycles. The topological polar surface area (TPSA) is 77.5 Å². The monoisotopic (exact) mass is 547 g/mol. The lowest BCUT2D eigenvalue weighted by atomic mass is 9.71. The molecule has 3 heterocycles. The number of nitrogens with zero attached hydrogens (tertiary/aromatic N) is 1. The van der Waals surface area contributed by atoms with Crippen LogP contribution in [0.5, 0.6) is 11.5 Å². The van der Waals surface area contributed by atoms with Crippen molar-refractivity contribution < 1.29 is 55.2 Å². The van der Waals surface area contributed by atoms with Gasteiger partial charge >= 0.3 is 18.4 Å². The third-order valence-corrected chi connectivity index (χ3v) is 7.13. The summed E-state index contributed by atoms with van der Waals surface area (Å²) in [5, 5.41) is 12.3. The van der Waals surface area contributed by atoms with E-state index in [0.29, 0.717) is 35.8 Å². The Balaban J connectivity index is 1.39. The molecular weight excluding hydrogens is 524 g/mol. The summed E-state index contributed by atoms with van der Waals surface area (Å²) in [6, 6.07) is 10.4. The zero-order valence-corrected chi connectivity index (χ0v) is 19.8. The van der Waals surface area contributed by atoms with E-state index in [9.17, 15) is 36.2 Å². The van der Waals surface area contributed by atoms with Crippen LogP contribution in [0.25, 0.3) is 0 Å². The summed E-state index contributed by atoms with van der Waals surface area (Å²) in [5.74, 6) is 0.380. The standard InChI is InChI=1S/C25H23F6NO6/c26-24(27,28)21(25(29,30)31)38-22(33)32-7-5-16(6-8-32)23(34,17-2-1-14-11-35-12-15(14)9-17)18-3-4-19-20(10-18)37-13-36-19/h1-4,9-10,16,21,34H,5-8,11-13H2. The number of amides is 1. The van der Waals surface area contributed by atoms with Gasteiger partial charge in [0.1, 0.15) is 5.60 Å². The number of rotatable bonds is 4. The van der Waals surface area contributed by atoms with Crippen LogP contribution in [-0.4, -0.2) is 54.4 Å². The van der Waals surface area contributed by atoms with Crippen LogP contribution in [0.2, 0.25) is 0 Å². The largest absolute Gasteiger partial charge is 0.454 e. The number of aliphatic hydroxyl groups is 1. The Labute approximate surface area is 212 Å². The van der Waals surface area contributed by atoms with Gasteiger partial charge in [-0.3, -0.25) is 0 Å². The molecule has 0 aliphatic carbocycles. The maximum Gasteiger partial charge on any atom is 0.434 e. The van der Waals surface area contributed by atoms with Crippen molar-refractivity contribution in [3.63, 3.8) is 0 Å². The highest BCUT2D eigenvalue weighted by atomic mass is 19.4. The summed E-state index contributed by atoms with van der Waals surface area (Å²) in [6.45, 7) is 0.393. The average Bonchev–Trinajstić information content (AvgIpc) is 3.53. The van der Waals surface area contributed by atoms with E-state index in [2.05, 4.69) is 4.74 Å². The molecule has 1 unspecified atom stereocenters. The first-order chi connectivity index (χ1) is 17.9. The Bertz CT molecular complexity index is 1140. The molecular formula is C25H23F6NO6. The van der Waals surface area contributed by atoms with E-state index >= 15 is 0 Å². The zero-order valence-electron chi connectivity index (χ0n) is 19.8. The Kier molecular flexibility index (Phi) is 6.62. The number of benzene rings is 2. The third kappa shape index (κ3) is 4.84. The summed E-state index contributed by atoms with van der Waals surface area (Å²) in [4.78, 5) is 13.0. The number of alkyl halides is 6. The van der Waals surface area contributed by atoms with Crippen LogP contribution in [0.15, 0.2) is 36.4 Å². The molecule has 0 aromatic heterocycles. The number of carbonyl (C=O) groups is 1. The van der Waals surface area contributed by atoms with E-state index < -0.39 is 36.1 Å². The van der Waals surface area contributed by atoms with Gasteiger partial charge in [0.2, 0.25) is 6.79 Å². The maximum absolute atomic E-state index is 12.8.